The van der Waals surface area contributed by atoms with Gasteiger partial charge in [-0.15, -0.1) is 5.10 Å². The quantitative estimate of drug-likeness (QED) is 0.582. The van der Waals surface area contributed by atoms with Gasteiger partial charge in [0.2, 0.25) is 11.8 Å². The number of methoxy groups -OCH3 is 1. The van der Waals surface area contributed by atoms with E-state index in [2.05, 4.69) is 9.84 Å². The number of benzene rings is 1. The predicted octanol–water partition coefficient (Wildman–Crippen LogP) is 3.64. The van der Waals surface area contributed by atoms with Crippen molar-refractivity contribution in [2.45, 2.75) is 6.18 Å². The first-order valence-corrected chi connectivity index (χ1v) is 6.08. The van der Waals surface area contributed by atoms with Crippen LogP contribution in [0, 0.1) is 9.52 Å². The molecule has 0 N–H and O–H groups in total. The summed E-state index contributed by atoms with van der Waals surface area (Å²) in [4.78, 5) is 0. The highest BCUT2D eigenvalue weighted by molar-refractivity contribution is 14.1. The van der Waals surface area contributed by atoms with Gasteiger partial charge in [-0.2, -0.15) is 17.6 Å². The van der Waals surface area contributed by atoms with Gasteiger partial charge in [-0.1, -0.05) is 0 Å². The number of ether oxygens (including phenoxy) is 1. The molecule has 8 heteroatoms. The molecule has 19 heavy (non-hydrogen) atoms. The second-order valence-corrected chi connectivity index (χ2v) is 4.81. The van der Waals surface area contributed by atoms with Gasteiger partial charge >= 0.3 is 6.18 Å². The lowest BCUT2D eigenvalue weighted by Gasteiger charge is -2.05. The molecule has 0 spiro atoms. The van der Waals surface area contributed by atoms with E-state index in [9.17, 15) is 17.6 Å². The van der Waals surface area contributed by atoms with E-state index >= 15 is 0 Å². The van der Waals surface area contributed by atoms with Gasteiger partial charge < -0.3 is 4.74 Å². The minimum absolute atomic E-state index is 0.187. The molecule has 0 bridgehead atoms. The summed E-state index contributed by atoms with van der Waals surface area (Å²) in [6, 6.07) is 6.21. The van der Waals surface area contributed by atoms with E-state index in [1.54, 1.807) is 12.1 Å². The molecule has 0 atom stereocenters. The molecule has 0 radical (unpaired) electrons. The molecule has 0 unspecified atom stereocenters. The summed E-state index contributed by atoms with van der Waals surface area (Å²) in [5, 5.41) is 3.49. The summed E-state index contributed by atoms with van der Waals surface area (Å²) in [6.07, 6.45) is -4.86. The minimum atomic E-state index is -4.86. The Morgan fingerprint density at radius 2 is 1.79 bits per heavy atom. The van der Waals surface area contributed by atoms with Crippen LogP contribution in [0.5, 0.6) is 5.88 Å². The molecule has 0 aliphatic heterocycles. The standard InChI is InChI=1S/C11H7F4IN2O/c1-19-10-8(11(13,14)15)9(12)18(17-10)7-4-2-6(16)3-5-7/h2-5H,1H3. The van der Waals surface area contributed by atoms with Crippen LogP contribution in [0.3, 0.4) is 0 Å². The van der Waals surface area contributed by atoms with Crippen molar-refractivity contribution in [1.29, 1.82) is 0 Å². The fourth-order valence-electron chi connectivity index (χ4n) is 1.51. The zero-order chi connectivity index (χ0) is 14.2. The summed E-state index contributed by atoms with van der Waals surface area (Å²) >= 11 is 2.03. The molecular weight excluding hydrogens is 379 g/mol. The number of rotatable bonds is 2. The Labute approximate surface area is 119 Å². The Morgan fingerprint density at radius 3 is 2.21 bits per heavy atom. The van der Waals surface area contributed by atoms with Crippen LogP contribution in [0.15, 0.2) is 24.3 Å². The first-order valence-electron chi connectivity index (χ1n) is 5.00. The smallest absolute Gasteiger partial charge is 0.426 e. The maximum absolute atomic E-state index is 13.9. The molecule has 2 aromatic rings. The average molecular weight is 386 g/mol. The molecule has 0 fully saturated rings. The van der Waals surface area contributed by atoms with Crippen molar-refractivity contribution in [3.05, 3.63) is 39.3 Å². The molecule has 0 aliphatic rings. The summed E-state index contributed by atoms with van der Waals surface area (Å²) in [5.74, 6) is -2.28. The second-order valence-electron chi connectivity index (χ2n) is 3.56. The molecule has 0 saturated carbocycles. The van der Waals surface area contributed by atoms with Gasteiger partial charge in [-0.25, -0.2) is 4.68 Å². The molecule has 0 amide bonds. The van der Waals surface area contributed by atoms with Gasteiger partial charge in [0.15, 0.2) is 5.56 Å². The largest absolute Gasteiger partial charge is 0.479 e. The van der Waals surface area contributed by atoms with E-state index in [4.69, 9.17) is 0 Å². The van der Waals surface area contributed by atoms with Crippen molar-refractivity contribution in [2.24, 2.45) is 0 Å². The van der Waals surface area contributed by atoms with Gasteiger partial charge in [0.05, 0.1) is 12.8 Å². The first kappa shape index (κ1) is 14.1. The van der Waals surface area contributed by atoms with Gasteiger partial charge in [0.1, 0.15) is 0 Å². The van der Waals surface area contributed by atoms with E-state index in [1.807, 2.05) is 22.6 Å². The van der Waals surface area contributed by atoms with E-state index < -0.39 is 23.6 Å². The third kappa shape index (κ3) is 2.67. The monoisotopic (exact) mass is 386 g/mol. The third-order valence-corrected chi connectivity index (χ3v) is 3.06. The summed E-state index contributed by atoms with van der Waals surface area (Å²) in [6.45, 7) is 0. The Hall–Kier alpha value is -1.32. The lowest BCUT2D eigenvalue weighted by molar-refractivity contribution is -0.141. The molecule has 0 saturated heterocycles. The van der Waals surface area contributed by atoms with Crippen molar-refractivity contribution in [2.75, 3.05) is 7.11 Å². The van der Waals surface area contributed by atoms with E-state index in [0.29, 0.717) is 4.68 Å². The van der Waals surface area contributed by atoms with Crippen molar-refractivity contribution in [1.82, 2.24) is 9.78 Å². The van der Waals surface area contributed by atoms with Crippen LogP contribution < -0.4 is 4.74 Å². The normalized spacial score (nSPS) is 11.7. The molecule has 2 rings (SSSR count). The van der Waals surface area contributed by atoms with Crippen LogP contribution in [0.25, 0.3) is 5.69 Å². The SMILES string of the molecule is COc1nn(-c2ccc(I)cc2)c(F)c1C(F)(F)F. The second kappa shape index (κ2) is 4.99. The van der Waals surface area contributed by atoms with Crippen molar-refractivity contribution >= 4 is 22.6 Å². The van der Waals surface area contributed by atoms with Crippen LogP contribution in [-0.4, -0.2) is 16.9 Å². The van der Waals surface area contributed by atoms with Crippen LogP contribution in [0.1, 0.15) is 5.56 Å². The highest BCUT2D eigenvalue weighted by Crippen LogP contribution is 2.38. The van der Waals surface area contributed by atoms with E-state index in [1.165, 1.54) is 12.1 Å². The van der Waals surface area contributed by atoms with Crippen LogP contribution in [-0.2, 0) is 6.18 Å². The highest BCUT2D eigenvalue weighted by Gasteiger charge is 2.42. The summed E-state index contributed by atoms with van der Waals surface area (Å²) < 4.78 is 57.9. The Balaban J connectivity index is 2.60. The number of alkyl halides is 3. The number of hydrogen-bond donors (Lipinski definition) is 0. The molecule has 102 valence electrons. The molecule has 3 nitrogen and oxygen atoms in total. The summed E-state index contributed by atoms with van der Waals surface area (Å²) in [5.41, 5.74) is -1.32. The van der Waals surface area contributed by atoms with Crippen molar-refractivity contribution in [3.8, 4) is 11.6 Å². The molecular formula is C11H7F4IN2O. The molecule has 0 aliphatic carbocycles. The maximum Gasteiger partial charge on any atom is 0.426 e. The number of hydrogen-bond acceptors (Lipinski definition) is 2. The Kier molecular flexibility index (Phi) is 3.70. The zero-order valence-electron chi connectivity index (χ0n) is 9.50. The molecule has 1 aromatic heterocycles. The topological polar surface area (TPSA) is 27.1 Å². The van der Waals surface area contributed by atoms with Gasteiger partial charge in [0, 0.05) is 3.57 Å². The predicted molar refractivity (Wildman–Crippen MR) is 67.8 cm³/mol. The Bertz CT molecular complexity index is 592. The van der Waals surface area contributed by atoms with Gasteiger partial charge in [0.25, 0.3) is 0 Å². The van der Waals surface area contributed by atoms with Crippen LogP contribution >= 0.6 is 22.6 Å². The summed E-state index contributed by atoms with van der Waals surface area (Å²) in [7, 11) is 1.01. The zero-order valence-corrected chi connectivity index (χ0v) is 11.7. The van der Waals surface area contributed by atoms with Crippen LogP contribution in [0.2, 0.25) is 0 Å². The minimum Gasteiger partial charge on any atom is -0.479 e. The number of nitrogens with zero attached hydrogens (tertiary/aromatic N) is 2. The van der Waals surface area contributed by atoms with Crippen LogP contribution in [0.4, 0.5) is 17.6 Å². The number of aromatic nitrogens is 2. The van der Waals surface area contributed by atoms with Crippen molar-refractivity contribution < 1.29 is 22.3 Å². The average Bonchev–Trinajstić information content (AvgIpc) is 2.67. The highest BCUT2D eigenvalue weighted by atomic mass is 127. The molecule has 1 heterocycles. The van der Waals surface area contributed by atoms with Gasteiger partial charge in [-0.05, 0) is 46.9 Å². The van der Waals surface area contributed by atoms with E-state index in [0.717, 1.165) is 10.7 Å². The van der Waals surface area contributed by atoms with Crippen molar-refractivity contribution in [3.63, 3.8) is 0 Å². The lowest BCUT2D eigenvalue weighted by atomic mass is 10.3. The third-order valence-electron chi connectivity index (χ3n) is 2.34. The maximum atomic E-state index is 13.9. The van der Waals surface area contributed by atoms with Gasteiger partial charge in [-0.3, -0.25) is 0 Å². The molecule has 1 aromatic carbocycles. The fourth-order valence-corrected chi connectivity index (χ4v) is 1.87. The van der Waals surface area contributed by atoms with E-state index in [-0.39, 0.29) is 5.69 Å². The number of halogens is 5. The Morgan fingerprint density at radius 1 is 1.21 bits per heavy atom. The fraction of sp³-hybridized carbons (Fsp3) is 0.182. The first-order chi connectivity index (χ1) is 8.84. The lowest BCUT2D eigenvalue weighted by Crippen LogP contribution is -2.09.